The van der Waals surface area contributed by atoms with Crippen molar-refractivity contribution >= 4 is 11.9 Å². The molecule has 1 aliphatic rings. The number of carbonyl (C=O) groups excluding carboxylic acids is 2. The van der Waals surface area contributed by atoms with E-state index >= 15 is 0 Å². The second-order valence-electron chi connectivity index (χ2n) is 10.9. The van der Waals surface area contributed by atoms with Crippen LogP contribution in [-0.2, 0) is 19.1 Å². The number of hydrogen-bond donors (Lipinski definition) is 0. The quantitative estimate of drug-likeness (QED) is 0.157. The average molecular weight is 453 g/mol. The van der Waals surface area contributed by atoms with Crippen LogP contribution in [0.1, 0.15) is 130 Å². The van der Waals surface area contributed by atoms with Gasteiger partial charge in [0.25, 0.3) is 0 Å². The maximum Gasteiger partial charge on any atom is 0.305 e. The lowest BCUT2D eigenvalue weighted by molar-refractivity contribution is -0.150. The maximum atomic E-state index is 12.1. The highest BCUT2D eigenvalue weighted by molar-refractivity contribution is 5.69. The van der Waals surface area contributed by atoms with Crippen LogP contribution in [0.25, 0.3) is 0 Å². The molecular formula is C28H52O4. The van der Waals surface area contributed by atoms with Crippen LogP contribution < -0.4 is 0 Å². The van der Waals surface area contributed by atoms with E-state index in [0.29, 0.717) is 37.9 Å². The Morgan fingerprint density at radius 2 is 1.00 bits per heavy atom. The van der Waals surface area contributed by atoms with E-state index in [1.807, 2.05) is 0 Å². The fraction of sp³-hybridized carbons (Fsp3) is 0.929. The lowest BCUT2D eigenvalue weighted by Crippen LogP contribution is -2.29. The van der Waals surface area contributed by atoms with Crippen molar-refractivity contribution in [2.45, 2.75) is 130 Å². The predicted molar refractivity (Wildman–Crippen MR) is 132 cm³/mol. The van der Waals surface area contributed by atoms with Gasteiger partial charge in [0, 0.05) is 12.8 Å². The Morgan fingerprint density at radius 1 is 0.625 bits per heavy atom. The minimum atomic E-state index is -0.0624. The second-order valence-corrected chi connectivity index (χ2v) is 10.9. The van der Waals surface area contributed by atoms with Gasteiger partial charge < -0.3 is 9.47 Å². The number of rotatable bonds is 18. The van der Waals surface area contributed by atoms with Gasteiger partial charge >= 0.3 is 11.9 Å². The lowest BCUT2D eigenvalue weighted by atomic mass is 9.80. The highest BCUT2D eigenvalue weighted by Crippen LogP contribution is 2.31. The molecule has 1 rings (SSSR count). The van der Waals surface area contributed by atoms with Crippen LogP contribution in [0.3, 0.4) is 0 Å². The highest BCUT2D eigenvalue weighted by Gasteiger charge is 2.27. The fourth-order valence-electron chi connectivity index (χ4n) is 4.62. The largest absolute Gasteiger partial charge is 0.465 e. The first-order chi connectivity index (χ1) is 15.4. The zero-order valence-corrected chi connectivity index (χ0v) is 21.7. The first kappa shape index (κ1) is 29.0. The fourth-order valence-corrected chi connectivity index (χ4v) is 4.62. The Bertz CT molecular complexity index is 442. The van der Waals surface area contributed by atoms with Crippen molar-refractivity contribution in [3.05, 3.63) is 0 Å². The normalized spacial score (nSPS) is 18.8. The van der Waals surface area contributed by atoms with Gasteiger partial charge in [-0.25, -0.2) is 0 Å². The number of hydrogen-bond acceptors (Lipinski definition) is 4. The summed E-state index contributed by atoms with van der Waals surface area (Å²) in [6, 6.07) is 0. The summed E-state index contributed by atoms with van der Waals surface area (Å²) >= 11 is 0. The molecule has 0 bridgehead atoms. The molecule has 0 spiro atoms. The summed E-state index contributed by atoms with van der Waals surface area (Å²) in [6.07, 6.45) is 17.1. The van der Waals surface area contributed by atoms with Gasteiger partial charge in [0.2, 0.25) is 0 Å². The van der Waals surface area contributed by atoms with Crippen LogP contribution in [0.4, 0.5) is 0 Å². The molecule has 2 atom stereocenters. The second kappa shape index (κ2) is 18.4. The minimum Gasteiger partial charge on any atom is -0.465 e. The van der Waals surface area contributed by atoms with E-state index in [-0.39, 0.29) is 11.9 Å². The Kier molecular flexibility index (Phi) is 16.6. The van der Waals surface area contributed by atoms with Crippen molar-refractivity contribution < 1.29 is 19.1 Å². The molecule has 2 unspecified atom stereocenters. The predicted octanol–water partition coefficient (Wildman–Crippen LogP) is 7.87. The Balaban J connectivity index is 2.14. The molecule has 0 amide bonds. The van der Waals surface area contributed by atoms with Gasteiger partial charge in [0.1, 0.15) is 0 Å². The molecule has 1 saturated carbocycles. The molecule has 0 aliphatic heterocycles. The lowest BCUT2D eigenvalue weighted by Gasteiger charge is -2.30. The molecule has 0 saturated heterocycles. The Labute approximate surface area is 198 Å². The van der Waals surface area contributed by atoms with Crippen molar-refractivity contribution in [1.82, 2.24) is 0 Å². The first-order valence-corrected chi connectivity index (χ1v) is 13.7. The van der Waals surface area contributed by atoms with Gasteiger partial charge in [-0.15, -0.1) is 0 Å². The molecule has 188 valence electrons. The number of esters is 2. The summed E-state index contributed by atoms with van der Waals surface area (Å²) in [5.41, 5.74) is 0. The third-order valence-corrected chi connectivity index (χ3v) is 6.81. The molecule has 0 radical (unpaired) electrons. The molecule has 32 heavy (non-hydrogen) atoms. The highest BCUT2D eigenvalue weighted by atomic mass is 16.5. The molecule has 0 heterocycles. The standard InChI is InChI=1S/C28H52O4/c1-23(2)15-9-5-7-11-19-27(29)31-21-25-17-13-14-18-26(25)22-32-28(30)20-12-8-6-10-16-24(3)4/h23-26H,5-22H2,1-4H3. The van der Waals surface area contributed by atoms with Crippen LogP contribution in [0.2, 0.25) is 0 Å². The Morgan fingerprint density at radius 3 is 1.38 bits per heavy atom. The molecule has 0 N–H and O–H groups in total. The number of unbranched alkanes of at least 4 members (excludes halogenated alkanes) is 6. The Hall–Kier alpha value is -1.06. The molecule has 1 aliphatic carbocycles. The molecule has 1 fully saturated rings. The van der Waals surface area contributed by atoms with Gasteiger partial charge in [0.05, 0.1) is 13.2 Å². The van der Waals surface area contributed by atoms with Crippen LogP contribution in [0.5, 0.6) is 0 Å². The van der Waals surface area contributed by atoms with Gasteiger partial charge in [0.15, 0.2) is 0 Å². The third-order valence-electron chi connectivity index (χ3n) is 6.81. The van der Waals surface area contributed by atoms with E-state index in [2.05, 4.69) is 27.7 Å². The van der Waals surface area contributed by atoms with Gasteiger partial charge in [-0.05, 0) is 49.4 Å². The summed E-state index contributed by atoms with van der Waals surface area (Å²) in [4.78, 5) is 24.2. The minimum absolute atomic E-state index is 0.0624. The molecule has 4 nitrogen and oxygen atoms in total. The summed E-state index contributed by atoms with van der Waals surface area (Å²) < 4.78 is 11.2. The van der Waals surface area contributed by atoms with Crippen molar-refractivity contribution in [3.63, 3.8) is 0 Å². The van der Waals surface area contributed by atoms with E-state index in [4.69, 9.17) is 9.47 Å². The summed E-state index contributed by atoms with van der Waals surface area (Å²) in [5, 5.41) is 0. The summed E-state index contributed by atoms with van der Waals surface area (Å²) in [6.45, 7) is 10.0. The SMILES string of the molecule is CC(C)CCCCCCC(=O)OCC1CCCCC1COC(=O)CCCCCCC(C)C. The van der Waals surface area contributed by atoms with E-state index in [1.165, 1.54) is 51.4 Å². The zero-order chi connectivity index (χ0) is 23.6. The van der Waals surface area contributed by atoms with Crippen molar-refractivity contribution in [1.29, 1.82) is 0 Å². The first-order valence-electron chi connectivity index (χ1n) is 13.7. The van der Waals surface area contributed by atoms with Crippen molar-refractivity contribution in [2.24, 2.45) is 23.7 Å². The molecule has 0 aromatic carbocycles. The van der Waals surface area contributed by atoms with Crippen LogP contribution >= 0.6 is 0 Å². The van der Waals surface area contributed by atoms with Gasteiger partial charge in [-0.1, -0.05) is 91.9 Å². The zero-order valence-electron chi connectivity index (χ0n) is 21.7. The smallest absolute Gasteiger partial charge is 0.305 e. The number of ether oxygens (including phenoxy) is 2. The van der Waals surface area contributed by atoms with Gasteiger partial charge in [-0.2, -0.15) is 0 Å². The topological polar surface area (TPSA) is 52.6 Å². The monoisotopic (exact) mass is 452 g/mol. The number of carbonyl (C=O) groups is 2. The molecular weight excluding hydrogens is 400 g/mol. The average Bonchev–Trinajstić information content (AvgIpc) is 2.75. The maximum absolute atomic E-state index is 12.1. The van der Waals surface area contributed by atoms with E-state index in [0.717, 1.165) is 50.4 Å². The molecule has 0 aromatic rings. The van der Waals surface area contributed by atoms with Crippen LogP contribution in [0.15, 0.2) is 0 Å². The molecule has 0 aromatic heterocycles. The van der Waals surface area contributed by atoms with E-state index in [9.17, 15) is 9.59 Å². The van der Waals surface area contributed by atoms with Crippen molar-refractivity contribution in [2.75, 3.05) is 13.2 Å². The summed E-state index contributed by atoms with van der Waals surface area (Å²) in [7, 11) is 0. The van der Waals surface area contributed by atoms with Gasteiger partial charge in [-0.3, -0.25) is 9.59 Å². The van der Waals surface area contributed by atoms with E-state index in [1.54, 1.807) is 0 Å². The molecule has 4 heteroatoms. The summed E-state index contributed by atoms with van der Waals surface area (Å²) in [5.74, 6) is 2.08. The van der Waals surface area contributed by atoms with Crippen LogP contribution in [0, 0.1) is 23.7 Å². The van der Waals surface area contributed by atoms with E-state index < -0.39 is 0 Å². The van der Waals surface area contributed by atoms with Crippen molar-refractivity contribution in [3.8, 4) is 0 Å². The third kappa shape index (κ3) is 15.7. The van der Waals surface area contributed by atoms with Crippen LogP contribution in [-0.4, -0.2) is 25.2 Å².